The summed E-state index contributed by atoms with van der Waals surface area (Å²) in [4.78, 5) is 10.4. The van der Waals surface area contributed by atoms with Crippen LogP contribution in [-0.2, 0) is 0 Å². The van der Waals surface area contributed by atoms with Crippen molar-refractivity contribution in [3.05, 3.63) is 0 Å². The van der Waals surface area contributed by atoms with E-state index in [9.17, 15) is 4.79 Å². The van der Waals surface area contributed by atoms with E-state index in [-0.39, 0.29) is 0 Å². The number of amides is 2. The fourth-order valence-corrected chi connectivity index (χ4v) is 0.619. The highest BCUT2D eigenvalue weighted by Gasteiger charge is 2.53. The molecule has 58 valence electrons. The summed E-state index contributed by atoms with van der Waals surface area (Å²) in [7, 11) is 0. The van der Waals surface area contributed by atoms with Crippen LogP contribution in [0.1, 0.15) is 6.92 Å². The van der Waals surface area contributed by atoms with Crippen LogP contribution in [0.3, 0.4) is 0 Å². The van der Waals surface area contributed by atoms with Crippen molar-refractivity contribution in [3.8, 4) is 0 Å². The Balaban J connectivity index is 2.88. The number of nitrogens with one attached hydrogen (secondary N) is 2. The summed E-state index contributed by atoms with van der Waals surface area (Å²) in [5, 5.41) is 30.2. The molecule has 0 aromatic heterocycles. The molecular formula is C4H8N2O4. The van der Waals surface area contributed by atoms with Crippen molar-refractivity contribution < 1.29 is 20.1 Å². The lowest BCUT2D eigenvalue weighted by molar-refractivity contribution is -0.269. The number of carbonyl (C=O) groups is 1. The fourth-order valence-electron chi connectivity index (χ4n) is 0.619. The second-order valence-electron chi connectivity index (χ2n) is 2.32. The Hall–Kier alpha value is -0.850. The number of hydrogen-bond acceptors (Lipinski definition) is 4. The predicted octanol–water partition coefficient (Wildman–Crippen LogP) is -2.35. The van der Waals surface area contributed by atoms with E-state index in [0.29, 0.717) is 0 Å². The monoisotopic (exact) mass is 148 g/mol. The molecule has 1 rings (SSSR count). The molecule has 0 saturated carbocycles. The lowest BCUT2D eigenvalue weighted by Gasteiger charge is -2.26. The van der Waals surface area contributed by atoms with Crippen LogP contribution < -0.4 is 10.6 Å². The van der Waals surface area contributed by atoms with E-state index in [4.69, 9.17) is 15.3 Å². The van der Waals surface area contributed by atoms with E-state index in [1.807, 2.05) is 5.32 Å². The number of aliphatic hydroxyl groups is 3. The molecule has 6 nitrogen and oxygen atoms in total. The molecule has 0 spiro atoms. The molecule has 1 fully saturated rings. The van der Waals surface area contributed by atoms with Gasteiger partial charge in [0, 0.05) is 0 Å². The minimum absolute atomic E-state index is 0.824. The predicted molar refractivity (Wildman–Crippen MR) is 29.5 cm³/mol. The smallest absolute Gasteiger partial charge is 0.321 e. The van der Waals surface area contributed by atoms with Gasteiger partial charge in [-0.25, -0.2) is 4.79 Å². The zero-order chi connectivity index (χ0) is 7.99. The van der Waals surface area contributed by atoms with Crippen LogP contribution >= 0.6 is 0 Å². The van der Waals surface area contributed by atoms with E-state index in [2.05, 4.69) is 0 Å². The van der Waals surface area contributed by atoms with E-state index in [0.717, 1.165) is 6.92 Å². The van der Waals surface area contributed by atoms with Crippen LogP contribution in [0.15, 0.2) is 0 Å². The summed E-state index contributed by atoms with van der Waals surface area (Å²) < 4.78 is 0. The van der Waals surface area contributed by atoms with Gasteiger partial charge in [0.15, 0.2) is 0 Å². The van der Waals surface area contributed by atoms with Crippen molar-refractivity contribution in [3.63, 3.8) is 0 Å². The van der Waals surface area contributed by atoms with Gasteiger partial charge in [-0.3, -0.25) is 5.32 Å². The summed E-state index contributed by atoms with van der Waals surface area (Å²) in [5.41, 5.74) is -2.04. The Morgan fingerprint density at radius 2 is 1.80 bits per heavy atom. The first-order valence-corrected chi connectivity index (χ1v) is 2.62. The number of rotatable bonds is 0. The van der Waals surface area contributed by atoms with E-state index >= 15 is 0 Å². The summed E-state index contributed by atoms with van der Waals surface area (Å²) in [6, 6.07) is -0.824. The molecule has 1 heterocycles. The van der Waals surface area contributed by atoms with Gasteiger partial charge in [-0.1, -0.05) is 0 Å². The summed E-state index contributed by atoms with van der Waals surface area (Å²) in [5.74, 6) is -2.59. The molecule has 0 aliphatic carbocycles. The standard InChI is InChI=1S/C4H8N2O4/c1-3(8)4(9,10)6-2(7)5-3/h8-10H,1H3,(H2,5,6,7). The van der Waals surface area contributed by atoms with Crippen LogP contribution in [0.4, 0.5) is 4.79 Å². The van der Waals surface area contributed by atoms with Crippen molar-refractivity contribution in [2.75, 3.05) is 0 Å². The van der Waals surface area contributed by atoms with Gasteiger partial charge in [0.05, 0.1) is 0 Å². The van der Waals surface area contributed by atoms with Crippen molar-refractivity contribution >= 4 is 6.03 Å². The highest BCUT2D eigenvalue weighted by molar-refractivity contribution is 5.78. The molecule has 1 atom stereocenters. The molecule has 2 amide bonds. The first-order valence-electron chi connectivity index (χ1n) is 2.62. The van der Waals surface area contributed by atoms with Crippen molar-refractivity contribution in [1.29, 1.82) is 0 Å². The van der Waals surface area contributed by atoms with E-state index < -0.39 is 17.7 Å². The second-order valence-corrected chi connectivity index (χ2v) is 2.32. The third-order valence-corrected chi connectivity index (χ3v) is 1.32. The Kier molecular flexibility index (Phi) is 1.16. The second kappa shape index (κ2) is 1.60. The molecule has 1 aliphatic heterocycles. The van der Waals surface area contributed by atoms with E-state index in [1.165, 1.54) is 0 Å². The van der Waals surface area contributed by atoms with Gasteiger partial charge in [0.1, 0.15) is 0 Å². The van der Waals surface area contributed by atoms with Crippen molar-refractivity contribution in [1.82, 2.24) is 10.6 Å². The number of urea groups is 1. The molecule has 0 aromatic rings. The summed E-state index contributed by atoms with van der Waals surface area (Å²) in [6.45, 7) is 1.06. The zero-order valence-electron chi connectivity index (χ0n) is 5.25. The van der Waals surface area contributed by atoms with Gasteiger partial charge >= 0.3 is 6.03 Å². The molecule has 0 radical (unpaired) electrons. The van der Waals surface area contributed by atoms with Crippen molar-refractivity contribution in [2.24, 2.45) is 0 Å². The summed E-state index contributed by atoms with van der Waals surface area (Å²) in [6.07, 6.45) is 0. The molecule has 6 heteroatoms. The Morgan fingerprint density at radius 3 is 1.90 bits per heavy atom. The van der Waals surface area contributed by atoms with Crippen molar-refractivity contribution in [2.45, 2.75) is 18.6 Å². The SMILES string of the molecule is CC1(O)NC(=O)NC1(O)O. The van der Waals surface area contributed by atoms with Gasteiger partial charge in [-0.05, 0) is 6.92 Å². The van der Waals surface area contributed by atoms with Gasteiger partial charge in [-0.2, -0.15) is 0 Å². The fraction of sp³-hybridized carbons (Fsp3) is 0.750. The molecule has 0 bridgehead atoms. The average molecular weight is 148 g/mol. The Labute approximate surface area is 56.5 Å². The maximum atomic E-state index is 10.4. The topological polar surface area (TPSA) is 102 Å². The van der Waals surface area contributed by atoms with Crippen LogP contribution in [-0.4, -0.2) is 33.0 Å². The summed E-state index contributed by atoms with van der Waals surface area (Å²) >= 11 is 0. The quantitative estimate of drug-likeness (QED) is 0.248. The van der Waals surface area contributed by atoms with Gasteiger partial charge < -0.3 is 20.6 Å². The molecule has 0 aromatic carbocycles. The van der Waals surface area contributed by atoms with Crippen LogP contribution in [0.25, 0.3) is 0 Å². The molecule has 1 unspecified atom stereocenters. The number of carbonyl (C=O) groups excluding carboxylic acids is 1. The normalized spacial score (nSPS) is 37.0. The average Bonchev–Trinajstić information content (AvgIpc) is 1.73. The van der Waals surface area contributed by atoms with Crippen LogP contribution in [0.2, 0.25) is 0 Å². The third kappa shape index (κ3) is 0.821. The molecule has 10 heavy (non-hydrogen) atoms. The largest absolute Gasteiger partial charge is 0.365 e. The lowest BCUT2D eigenvalue weighted by Crippen LogP contribution is -2.58. The van der Waals surface area contributed by atoms with E-state index in [1.54, 1.807) is 5.32 Å². The molecule has 1 aliphatic rings. The maximum absolute atomic E-state index is 10.4. The molecule has 1 saturated heterocycles. The maximum Gasteiger partial charge on any atom is 0.321 e. The Morgan fingerprint density at radius 1 is 1.30 bits per heavy atom. The number of hydrogen-bond donors (Lipinski definition) is 5. The highest BCUT2D eigenvalue weighted by atomic mass is 16.6. The minimum Gasteiger partial charge on any atom is -0.365 e. The Bertz CT molecular complexity index is 158. The zero-order valence-corrected chi connectivity index (χ0v) is 5.25. The minimum atomic E-state index is -2.59. The van der Waals surface area contributed by atoms with Gasteiger partial charge in [0.2, 0.25) is 5.72 Å². The highest BCUT2D eigenvalue weighted by Crippen LogP contribution is 2.17. The molecule has 5 N–H and O–H groups in total. The first-order chi connectivity index (χ1) is 4.35. The third-order valence-electron chi connectivity index (χ3n) is 1.32. The first kappa shape index (κ1) is 7.26. The van der Waals surface area contributed by atoms with Gasteiger partial charge in [-0.15, -0.1) is 0 Å². The van der Waals surface area contributed by atoms with Gasteiger partial charge in [0.25, 0.3) is 5.91 Å². The molecular weight excluding hydrogens is 140 g/mol. The lowest BCUT2D eigenvalue weighted by atomic mass is 10.2. The van der Waals surface area contributed by atoms with Crippen LogP contribution in [0, 0.1) is 0 Å². The van der Waals surface area contributed by atoms with Crippen LogP contribution in [0.5, 0.6) is 0 Å².